The first-order valence-corrected chi connectivity index (χ1v) is 7.61. The molecular weight excluding hydrogens is 264 g/mol. The first-order valence-electron chi connectivity index (χ1n) is 7.61. The Kier molecular flexibility index (Phi) is 2.98. The maximum Gasteiger partial charge on any atom is 0.248 e. The van der Waals surface area contributed by atoms with Gasteiger partial charge in [-0.05, 0) is 48.8 Å². The molecule has 2 bridgehead atoms. The van der Waals surface area contributed by atoms with Crippen molar-refractivity contribution in [1.82, 2.24) is 0 Å². The molecule has 21 heavy (non-hydrogen) atoms. The van der Waals surface area contributed by atoms with Crippen LogP contribution < -0.4 is 16.2 Å². The third-order valence-corrected chi connectivity index (χ3v) is 6.28. The quantitative estimate of drug-likeness (QED) is 0.839. The molecule has 1 aromatic rings. The van der Waals surface area contributed by atoms with Crippen molar-refractivity contribution in [2.24, 2.45) is 22.5 Å². The SMILES string of the molecule is CC1(C)C2CCC1(C)C(Oc1cc(C(N)=O)ccc1N)C2. The van der Waals surface area contributed by atoms with E-state index in [1.54, 1.807) is 18.2 Å². The summed E-state index contributed by atoms with van der Waals surface area (Å²) in [6, 6.07) is 4.99. The lowest BCUT2D eigenvalue weighted by molar-refractivity contribution is 0.0306. The summed E-state index contributed by atoms with van der Waals surface area (Å²) in [4.78, 5) is 11.3. The van der Waals surface area contributed by atoms with Gasteiger partial charge in [0.15, 0.2) is 0 Å². The molecule has 114 valence electrons. The number of hydrogen-bond acceptors (Lipinski definition) is 3. The Labute approximate surface area is 125 Å². The van der Waals surface area contributed by atoms with Crippen molar-refractivity contribution < 1.29 is 9.53 Å². The van der Waals surface area contributed by atoms with E-state index in [2.05, 4.69) is 20.8 Å². The minimum atomic E-state index is -0.459. The zero-order valence-corrected chi connectivity index (χ0v) is 13.0. The van der Waals surface area contributed by atoms with Crippen molar-refractivity contribution in [3.63, 3.8) is 0 Å². The number of anilines is 1. The number of carbonyl (C=O) groups excluding carboxylic acids is 1. The number of ether oxygens (including phenoxy) is 1. The summed E-state index contributed by atoms with van der Waals surface area (Å²) in [6.45, 7) is 7.01. The number of benzene rings is 1. The molecule has 2 aliphatic carbocycles. The molecule has 0 spiro atoms. The summed E-state index contributed by atoms with van der Waals surface area (Å²) < 4.78 is 6.24. The summed E-state index contributed by atoms with van der Waals surface area (Å²) in [6.07, 6.45) is 3.67. The number of carbonyl (C=O) groups is 1. The Morgan fingerprint density at radius 3 is 2.57 bits per heavy atom. The Morgan fingerprint density at radius 1 is 1.33 bits per heavy atom. The highest BCUT2D eigenvalue weighted by Gasteiger charge is 2.62. The number of amides is 1. The molecule has 3 rings (SSSR count). The second-order valence-corrected chi connectivity index (χ2v) is 7.33. The van der Waals surface area contributed by atoms with Crippen LogP contribution in [-0.2, 0) is 0 Å². The number of primary amides is 1. The van der Waals surface area contributed by atoms with Gasteiger partial charge < -0.3 is 16.2 Å². The average Bonchev–Trinajstić information content (AvgIpc) is 2.74. The summed E-state index contributed by atoms with van der Waals surface area (Å²) in [5.74, 6) is 0.827. The van der Waals surface area contributed by atoms with E-state index in [1.807, 2.05) is 0 Å². The van der Waals surface area contributed by atoms with Gasteiger partial charge in [-0.2, -0.15) is 0 Å². The van der Waals surface area contributed by atoms with Gasteiger partial charge in [-0.25, -0.2) is 0 Å². The molecule has 0 aromatic heterocycles. The van der Waals surface area contributed by atoms with E-state index >= 15 is 0 Å². The predicted molar refractivity (Wildman–Crippen MR) is 83.0 cm³/mol. The molecule has 4 N–H and O–H groups in total. The van der Waals surface area contributed by atoms with Crippen molar-refractivity contribution in [2.45, 2.75) is 46.1 Å². The average molecular weight is 288 g/mol. The number of fused-ring (bicyclic) bond motifs is 2. The molecule has 3 atom stereocenters. The van der Waals surface area contributed by atoms with Crippen LogP contribution in [-0.4, -0.2) is 12.0 Å². The van der Waals surface area contributed by atoms with Crippen molar-refractivity contribution in [1.29, 1.82) is 0 Å². The molecule has 2 saturated carbocycles. The summed E-state index contributed by atoms with van der Waals surface area (Å²) in [7, 11) is 0. The number of nitrogen functional groups attached to an aromatic ring is 1. The number of hydrogen-bond donors (Lipinski definition) is 2. The van der Waals surface area contributed by atoms with Crippen LogP contribution in [0.5, 0.6) is 5.75 Å². The zero-order chi connectivity index (χ0) is 15.4. The van der Waals surface area contributed by atoms with E-state index in [-0.39, 0.29) is 16.9 Å². The standard InChI is InChI=1S/C17H24N2O2/c1-16(2)11-6-7-17(16,3)14(9-11)21-13-8-10(15(19)20)4-5-12(13)18/h4-5,8,11,14H,6-7,9,18H2,1-3H3,(H2,19,20). The van der Waals surface area contributed by atoms with Gasteiger partial charge in [0.1, 0.15) is 11.9 Å². The Hall–Kier alpha value is -1.71. The third-order valence-electron chi connectivity index (χ3n) is 6.28. The van der Waals surface area contributed by atoms with Gasteiger partial charge in [-0.3, -0.25) is 4.79 Å². The topological polar surface area (TPSA) is 78.3 Å². The number of nitrogens with two attached hydrogens (primary N) is 2. The fourth-order valence-corrected chi connectivity index (χ4v) is 4.25. The van der Waals surface area contributed by atoms with Crippen molar-refractivity contribution >= 4 is 11.6 Å². The molecule has 0 radical (unpaired) electrons. The Balaban J connectivity index is 1.89. The van der Waals surface area contributed by atoms with Crippen LogP contribution in [0.1, 0.15) is 50.4 Å². The van der Waals surface area contributed by atoms with Crippen LogP contribution in [0, 0.1) is 16.7 Å². The number of rotatable bonds is 3. The molecule has 0 saturated heterocycles. The molecule has 4 nitrogen and oxygen atoms in total. The lowest BCUT2D eigenvalue weighted by Crippen LogP contribution is -2.39. The summed E-state index contributed by atoms with van der Waals surface area (Å²) >= 11 is 0. The third kappa shape index (κ3) is 1.92. The predicted octanol–water partition coefficient (Wildman–Crippen LogP) is 2.96. The van der Waals surface area contributed by atoms with Gasteiger partial charge in [0.25, 0.3) is 0 Å². The van der Waals surface area contributed by atoms with Crippen LogP contribution in [0.25, 0.3) is 0 Å². The second-order valence-electron chi connectivity index (χ2n) is 7.33. The fourth-order valence-electron chi connectivity index (χ4n) is 4.25. The van der Waals surface area contributed by atoms with Crippen LogP contribution in [0.15, 0.2) is 18.2 Å². The van der Waals surface area contributed by atoms with Gasteiger partial charge in [0.05, 0.1) is 5.69 Å². The summed E-state index contributed by atoms with van der Waals surface area (Å²) in [5.41, 5.74) is 12.8. The molecule has 4 heteroatoms. The molecule has 3 unspecified atom stereocenters. The molecule has 0 heterocycles. The van der Waals surface area contributed by atoms with E-state index in [0.717, 1.165) is 6.42 Å². The van der Waals surface area contributed by atoms with Crippen LogP contribution in [0.4, 0.5) is 5.69 Å². The molecule has 2 fully saturated rings. The van der Waals surface area contributed by atoms with E-state index < -0.39 is 5.91 Å². The Morgan fingerprint density at radius 2 is 2.05 bits per heavy atom. The van der Waals surface area contributed by atoms with Gasteiger partial charge in [0, 0.05) is 11.0 Å². The first-order chi connectivity index (χ1) is 9.75. The normalized spacial score (nSPS) is 33.1. The highest BCUT2D eigenvalue weighted by Crippen LogP contribution is 2.66. The van der Waals surface area contributed by atoms with Gasteiger partial charge in [-0.15, -0.1) is 0 Å². The molecule has 1 aromatic carbocycles. The largest absolute Gasteiger partial charge is 0.488 e. The molecular formula is C17H24N2O2. The van der Waals surface area contributed by atoms with E-state index in [1.165, 1.54) is 12.8 Å². The summed E-state index contributed by atoms with van der Waals surface area (Å²) in [5, 5.41) is 0. The minimum Gasteiger partial charge on any atom is -0.488 e. The highest BCUT2D eigenvalue weighted by atomic mass is 16.5. The van der Waals surface area contributed by atoms with Crippen molar-refractivity contribution in [3.8, 4) is 5.75 Å². The van der Waals surface area contributed by atoms with Crippen LogP contribution in [0.3, 0.4) is 0 Å². The van der Waals surface area contributed by atoms with Gasteiger partial charge in [0.2, 0.25) is 5.91 Å². The lowest BCUT2D eigenvalue weighted by atomic mass is 9.70. The lowest BCUT2D eigenvalue weighted by Gasteiger charge is -2.39. The molecule has 2 aliphatic rings. The fraction of sp³-hybridized carbons (Fsp3) is 0.588. The molecule has 1 amide bonds. The zero-order valence-electron chi connectivity index (χ0n) is 13.0. The first kappa shape index (κ1) is 14.2. The second kappa shape index (κ2) is 4.39. The van der Waals surface area contributed by atoms with Crippen molar-refractivity contribution in [2.75, 3.05) is 5.73 Å². The Bertz CT molecular complexity index is 596. The van der Waals surface area contributed by atoms with Crippen LogP contribution >= 0.6 is 0 Å². The van der Waals surface area contributed by atoms with E-state index in [9.17, 15) is 4.79 Å². The monoisotopic (exact) mass is 288 g/mol. The van der Waals surface area contributed by atoms with Gasteiger partial charge >= 0.3 is 0 Å². The van der Waals surface area contributed by atoms with E-state index in [0.29, 0.717) is 22.9 Å². The smallest absolute Gasteiger partial charge is 0.248 e. The highest BCUT2D eigenvalue weighted by molar-refractivity contribution is 5.93. The minimum absolute atomic E-state index is 0.150. The van der Waals surface area contributed by atoms with Gasteiger partial charge in [-0.1, -0.05) is 20.8 Å². The maximum atomic E-state index is 11.3. The molecule has 0 aliphatic heterocycles. The maximum absolute atomic E-state index is 11.3. The van der Waals surface area contributed by atoms with E-state index in [4.69, 9.17) is 16.2 Å². The van der Waals surface area contributed by atoms with Crippen LogP contribution in [0.2, 0.25) is 0 Å². The van der Waals surface area contributed by atoms with Crippen molar-refractivity contribution in [3.05, 3.63) is 23.8 Å².